The van der Waals surface area contributed by atoms with Crippen LogP contribution in [0.5, 0.6) is 0 Å². The van der Waals surface area contributed by atoms with Crippen molar-refractivity contribution in [3.05, 3.63) is 65.2 Å². The van der Waals surface area contributed by atoms with Crippen molar-refractivity contribution in [2.45, 2.75) is 51.4 Å². The minimum Gasteiger partial charge on any atom is -0.351 e. The summed E-state index contributed by atoms with van der Waals surface area (Å²) in [4.78, 5) is 36.8. The summed E-state index contributed by atoms with van der Waals surface area (Å²) in [5.74, 6) is 0.482. The van der Waals surface area contributed by atoms with E-state index in [2.05, 4.69) is 5.32 Å². The molecule has 2 aliphatic rings. The molecule has 2 aromatic carbocycles. The Hall–Kier alpha value is -2.93. The van der Waals surface area contributed by atoms with Gasteiger partial charge in [-0.15, -0.1) is 0 Å². The van der Waals surface area contributed by atoms with Gasteiger partial charge < -0.3 is 5.32 Å². The number of aryl methyl sites for hydroxylation is 1. The number of hydrogen-bond donors (Lipinski definition) is 1. The maximum absolute atomic E-state index is 13.1. The van der Waals surface area contributed by atoms with Crippen LogP contribution in [0.25, 0.3) is 0 Å². The zero-order valence-corrected chi connectivity index (χ0v) is 18.8. The molecule has 6 nitrogen and oxygen atoms in total. The molecule has 2 aromatic rings. The second-order valence-corrected chi connectivity index (χ2v) is 9.11. The average molecular weight is 435 g/mol. The summed E-state index contributed by atoms with van der Waals surface area (Å²) >= 11 is 1.29. The van der Waals surface area contributed by atoms with Gasteiger partial charge in [0, 0.05) is 12.1 Å². The summed E-state index contributed by atoms with van der Waals surface area (Å²) in [7, 11) is 0. The van der Waals surface area contributed by atoms with E-state index in [-0.39, 0.29) is 17.9 Å². The van der Waals surface area contributed by atoms with Gasteiger partial charge in [0.05, 0.1) is 10.9 Å². The number of amidine groups is 2. The molecular formula is C24H26N4O2S. The van der Waals surface area contributed by atoms with Crippen LogP contribution < -0.4 is 5.32 Å². The van der Waals surface area contributed by atoms with Gasteiger partial charge >= 0.3 is 0 Å². The van der Waals surface area contributed by atoms with Crippen molar-refractivity contribution >= 4 is 40.3 Å². The monoisotopic (exact) mass is 434 g/mol. The zero-order chi connectivity index (χ0) is 22.0. The van der Waals surface area contributed by atoms with Crippen LogP contribution in [-0.4, -0.2) is 39.0 Å². The fraction of sp³-hybridized carbons (Fsp3) is 0.333. The second-order valence-electron chi connectivity index (χ2n) is 7.81. The number of nitrogens with zero attached hydrogens (tertiary/aromatic N) is 3. The van der Waals surface area contributed by atoms with Crippen molar-refractivity contribution < 1.29 is 9.59 Å². The molecule has 0 aliphatic carbocycles. The molecule has 2 amide bonds. The van der Waals surface area contributed by atoms with E-state index in [1.807, 2.05) is 69.3 Å². The summed E-state index contributed by atoms with van der Waals surface area (Å²) in [6.07, 6.45) is 1.58. The predicted molar refractivity (Wildman–Crippen MR) is 126 cm³/mol. The van der Waals surface area contributed by atoms with E-state index in [0.29, 0.717) is 24.0 Å². The van der Waals surface area contributed by atoms with Crippen molar-refractivity contribution in [2.24, 2.45) is 9.98 Å². The molecule has 0 bridgehead atoms. The maximum Gasteiger partial charge on any atom is 0.259 e. The number of carbonyl (C=O) groups is 2. The topological polar surface area (TPSA) is 74.1 Å². The third-order valence-corrected chi connectivity index (χ3v) is 6.40. The Bertz CT molecular complexity index is 1060. The molecule has 2 heterocycles. The molecule has 2 aliphatic heterocycles. The minimum atomic E-state index is -0.409. The highest BCUT2D eigenvalue weighted by Gasteiger charge is 2.41. The maximum atomic E-state index is 13.1. The van der Waals surface area contributed by atoms with Gasteiger partial charge in [0.25, 0.3) is 5.91 Å². The van der Waals surface area contributed by atoms with Crippen LogP contribution in [-0.2, 0) is 16.1 Å². The third-order valence-electron chi connectivity index (χ3n) is 5.35. The molecule has 4 rings (SSSR count). The first-order valence-electron chi connectivity index (χ1n) is 10.6. The van der Waals surface area contributed by atoms with Gasteiger partial charge in [-0.05, 0) is 38.0 Å². The summed E-state index contributed by atoms with van der Waals surface area (Å²) in [5, 5.41) is 3.08. The number of fused-ring (bicyclic) bond motifs is 3. The van der Waals surface area contributed by atoms with Crippen molar-refractivity contribution in [1.29, 1.82) is 0 Å². The molecular weight excluding hydrogens is 408 g/mol. The molecule has 7 heteroatoms. The SMILES string of the molecule is CCC[C@H]1N=C2c3ccccc3N=C(S[C@@H](C)C(=O)NCc3ccc(C)cc3)N2C1=O. The van der Waals surface area contributed by atoms with Gasteiger partial charge in [0.2, 0.25) is 5.91 Å². The average Bonchev–Trinajstić information content (AvgIpc) is 3.10. The van der Waals surface area contributed by atoms with E-state index in [1.165, 1.54) is 17.3 Å². The smallest absolute Gasteiger partial charge is 0.259 e. The molecule has 2 atom stereocenters. The first-order valence-corrected chi connectivity index (χ1v) is 11.5. The van der Waals surface area contributed by atoms with Gasteiger partial charge in [0.15, 0.2) is 5.17 Å². The van der Waals surface area contributed by atoms with Crippen LogP contribution in [0.2, 0.25) is 0 Å². The standard InChI is InChI=1S/C24H26N4O2S/c1-4-7-20-23(30)28-21(26-20)18-8-5-6-9-19(18)27-24(28)31-16(3)22(29)25-14-17-12-10-15(2)11-13-17/h5-6,8-13,16,20H,4,7,14H2,1-3H3,(H,25,29)/t16-,20+/m0/s1. The number of aliphatic imine (C=N–C) groups is 2. The number of benzene rings is 2. The molecule has 0 saturated heterocycles. The predicted octanol–water partition coefficient (Wildman–Crippen LogP) is 4.19. The van der Waals surface area contributed by atoms with Gasteiger partial charge in [-0.3, -0.25) is 14.6 Å². The van der Waals surface area contributed by atoms with Gasteiger partial charge in [0.1, 0.15) is 11.9 Å². The van der Waals surface area contributed by atoms with Crippen LogP contribution in [0, 0.1) is 6.92 Å². The molecule has 31 heavy (non-hydrogen) atoms. The van der Waals surface area contributed by atoms with E-state index < -0.39 is 5.25 Å². The molecule has 0 radical (unpaired) electrons. The lowest BCUT2D eigenvalue weighted by Gasteiger charge is -2.26. The van der Waals surface area contributed by atoms with Crippen molar-refractivity contribution in [3.8, 4) is 0 Å². The lowest BCUT2D eigenvalue weighted by molar-refractivity contribution is -0.124. The van der Waals surface area contributed by atoms with E-state index >= 15 is 0 Å². The molecule has 0 spiro atoms. The summed E-state index contributed by atoms with van der Waals surface area (Å²) in [5.41, 5.74) is 3.86. The molecule has 160 valence electrons. The number of para-hydroxylation sites is 1. The van der Waals surface area contributed by atoms with Gasteiger partial charge in [-0.1, -0.05) is 67.1 Å². The first-order chi connectivity index (χ1) is 15.0. The zero-order valence-electron chi connectivity index (χ0n) is 18.0. The van der Waals surface area contributed by atoms with Gasteiger partial charge in [-0.2, -0.15) is 0 Å². The highest BCUT2D eigenvalue weighted by molar-refractivity contribution is 8.15. The lowest BCUT2D eigenvalue weighted by Crippen LogP contribution is -2.42. The Morgan fingerprint density at radius 1 is 1.19 bits per heavy atom. The number of nitrogens with one attached hydrogen (secondary N) is 1. The van der Waals surface area contributed by atoms with Crippen LogP contribution in [0.1, 0.15) is 43.4 Å². The van der Waals surface area contributed by atoms with Crippen LogP contribution >= 0.6 is 11.8 Å². The fourth-order valence-electron chi connectivity index (χ4n) is 3.59. The van der Waals surface area contributed by atoms with Crippen molar-refractivity contribution in [3.63, 3.8) is 0 Å². The molecule has 0 saturated carbocycles. The number of rotatable bonds is 6. The Morgan fingerprint density at radius 2 is 1.94 bits per heavy atom. The molecule has 0 aromatic heterocycles. The minimum absolute atomic E-state index is 0.0649. The van der Waals surface area contributed by atoms with E-state index in [4.69, 9.17) is 9.98 Å². The number of carbonyl (C=O) groups excluding carboxylic acids is 2. The Kier molecular flexibility index (Phi) is 6.23. The summed E-state index contributed by atoms with van der Waals surface area (Å²) in [6.45, 7) is 6.38. The largest absolute Gasteiger partial charge is 0.351 e. The summed E-state index contributed by atoms with van der Waals surface area (Å²) < 4.78 is 0. The highest BCUT2D eigenvalue weighted by atomic mass is 32.2. The van der Waals surface area contributed by atoms with E-state index in [9.17, 15) is 9.59 Å². The van der Waals surface area contributed by atoms with Crippen LogP contribution in [0.4, 0.5) is 5.69 Å². The third kappa shape index (κ3) is 4.42. The Balaban J connectivity index is 1.51. The Morgan fingerprint density at radius 3 is 2.68 bits per heavy atom. The van der Waals surface area contributed by atoms with E-state index in [0.717, 1.165) is 23.2 Å². The van der Waals surface area contributed by atoms with Crippen LogP contribution in [0.15, 0.2) is 58.5 Å². The molecule has 1 N–H and O–H groups in total. The summed E-state index contributed by atoms with van der Waals surface area (Å²) in [6, 6.07) is 15.4. The number of amides is 2. The van der Waals surface area contributed by atoms with Crippen molar-refractivity contribution in [2.75, 3.05) is 0 Å². The van der Waals surface area contributed by atoms with E-state index in [1.54, 1.807) is 4.90 Å². The van der Waals surface area contributed by atoms with Gasteiger partial charge in [-0.25, -0.2) is 9.89 Å². The second kappa shape index (κ2) is 9.06. The quantitative estimate of drug-likeness (QED) is 0.741. The fourth-order valence-corrected chi connectivity index (χ4v) is 4.53. The normalized spacial score (nSPS) is 18.1. The number of thioether (sulfide) groups is 1. The first kappa shape index (κ1) is 21.3. The molecule has 0 fully saturated rings. The van der Waals surface area contributed by atoms with Crippen molar-refractivity contribution in [1.82, 2.24) is 10.2 Å². The van der Waals surface area contributed by atoms with Crippen LogP contribution in [0.3, 0.4) is 0 Å². The molecule has 0 unspecified atom stereocenters. The lowest BCUT2D eigenvalue weighted by atomic mass is 10.1. The Labute approximate surface area is 186 Å². The number of hydrogen-bond acceptors (Lipinski definition) is 5. The highest BCUT2D eigenvalue weighted by Crippen LogP contribution is 2.35.